The molecule has 0 saturated heterocycles. The summed E-state index contributed by atoms with van der Waals surface area (Å²) in [5.74, 6) is 0.955. The molecule has 3 aromatic rings. The first-order valence-electron chi connectivity index (χ1n) is 7.78. The van der Waals surface area contributed by atoms with E-state index in [0.29, 0.717) is 12.6 Å². The second kappa shape index (κ2) is 7.70. The van der Waals surface area contributed by atoms with Crippen molar-refractivity contribution in [2.75, 3.05) is 30.9 Å². The van der Waals surface area contributed by atoms with E-state index in [4.69, 9.17) is 4.74 Å². The van der Waals surface area contributed by atoms with Gasteiger partial charge in [0.2, 0.25) is 5.95 Å². The van der Waals surface area contributed by atoms with Crippen LogP contribution in [-0.4, -0.2) is 30.2 Å². The summed E-state index contributed by atoms with van der Waals surface area (Å²) in [5, 5.41) is 7.40. The van der Waals surface area contributed by atoms with Gasteiger partial charge in [0, 0.05) is 31.3 Å². The van der Waals surface area contributed by atoms with Gasteiger partial charge in [-0.3, -0.25) is 0 Å². The predicted molar refractivity (Wildman–Crippen MR) is 94.2 cm³/mol. The number of benzene rings is 2. The van der Waals surface area contributed by atoms with E-state index >= 15 is 0 Å². The lowest BCUT2D eigenvalue weighted by molar-refractivity contribution is 0.198. The van der Waals surface area contributed by atoms with E-state index in [1.165, 1.54) is 12.1 Å². The van der Waals surface area contributed by atoms with E-state index in [9.17, 15) is 4.39 Å². The summed E-state index contributed by atoms with van der Waals surface area (Å²) in [7, 11) is 1.69. The van der Waals surface area contributed by atoms with Gasteiger partial charge < -0.3 is 15.4 Å². The number of aromatic nitrogens is 2. The number of para-hydroxylation sites is 1. The number of nitrogens with zero attached hydrogens (tertiary/aromatic N) is 2. The minimum atomic E-state index is -0.277. The average Bonchev–Trinajstić information content (AvgIpc) is 2.60. The van der Waals surface area contributed by atoms with Crippen LogP contribution in [0.15, 0.2) is 48.5 Å². The Morgan fingerprint density at radius 2 is 1.83 bits per heavy atom. The third-order valence-electron chi connectivity index (χ3n) is 3.52. The zero-order chi connectivity index (χ0) is 16.8. The quantitative estimate of drug-likeness (QED) is 0.644. The first-order valence-corrected chi connectivity index (χ1v) is 7.78. The highest BCUT2D eigenvalue weighted by molar-refractivity contribution is 5.90. The van der Waals surface area contributed by atoms with Crippen LogP contribution in [0.3, 0.4) is 0 Å². The summed E-state index contributed by atoms with van der Waals surface area (Å²) >= 11 is 0. The predicted octanol–water partition coefficient (Wildman–Crippen LogP) is 3.96. The molecule has 0 unspecified atom stereocenters. The van der Waals surface area contributed by atoms with E-state index in [2.05, 4.69) is 20.6 Å². The number of hydrogen-bond donors (Lipinski definition) is 2. The molecule has 1 heterocycles. The Morgan fingerprint density at radius 1 is 1.04 bits per heavy atom. The van der Waals surface area contributed by atoms with Crippen molar-refractivity contribution in [2.24, 2.45) is 0 Å². The molecule has 0 spiro atoms. The molecule has 1 aromatic heterocycles. The fourth-order valence-electron chi connectivity index (χ4n) is 2.35. The standard InChI is InChI=1S/C18H19FN4O/c1-24-12-4-11-20-17-15-5-2-3-6-16(15)22-18(23-17)21-14-9-7-13(19)8-10-14/h2-3,5-10H,4,11-12H2,1H3,(H2,20,21,22,23). The lowest BCUT2D eigenvalue weighted by atomic mass is 10.2. The molecule has 0 aliphatic heterocycles. The second-order valence-electron chi connectivity index (χ2n) is 5.32. The van der Waals surface area contributed by atoms with E-state index in [-0.39, 0.29) is 5.82 Å². The maximum atomic E-state index is 13.0. The largest absolute Gasteiger partial charge is 0.385 e. The van der Waals surface area contributed by atoms with Gasteiger partial charge in [-0.25, -0.2) is 9.37 Å². The van der Waals surface area contributed by atoms with Crippen molar-refractivity contribution in [1.82, 2.24) is 9.97 Å². The second-order valence-corrected chi connectivity index (χ2v) is 5.32. The minimum Gasteiger partial charge on any atom is -0.385 e. The summed E-state index contributed by atoms with van der Waals surface area (Å²) in [6, 6.07) is 13.9. The van der Waals surface area contributed by atoms with E-state index < -0.39 is 0 Å². The molecule has 0 fully saturated rings. The van der Waals surface area contributed by atoms with Crippen molar-refractivity contribution in [1.29, 1.82) is 0 Å². The van der Waals surface area contributed by atoms with Crippen molar-refractivity contribution in [2.45, 2.75) is 6.42 Å². The number of ether oxygens (including phenoxy) is 1. The molecule has 0 bridgehead atoms. The van der Waals surface area contributed by atoms with Gasteiger partial charge in [0.05, 0.1) is 5.52 Å². The van der Waals surface area contributed by atoms with Crippen molar-refractivity contribution >= 4 is 28.4 Å². The van der Waals surface area contributed by atoms with Crippen molar-refractivity contribution in [3.8, 4) is 0 Å². The molecule has 0 amide bonds. The Morgan fingerprint density at radius 3 is 2.62 bits per heavy atom. The molecule has 2 aromatic carbocycles. The molecular formula is C18H19FN4O. The Balaban J connectivity index is 1.86. The van der Waals surface area contributed by atoms with Crippen LogP contribution in [-0.2, 0) is 4.74 Å². The molecule has 24 heavy (non-hydrogen) atoms. The number of methoxy groups -OCH3 is 1. The van der Waals surface area contributed by atoms with Crippen LogP contribution in [0.4, 0.5) is 21.8 Å². The van der Waals surface area contributed by atoms with Gasteiger partial charge in [-0.1, -0.05) is 12.1 Å². The van der Waals surface area contributed by atoms with Gasteiger partial charge in [0.1, 0.15) is 11.6 Å². The fourth-order valence-corrected chi connectivity index (χ4v) is 2.35. The zero-order valence-corrected chi connectivity index (χ0v) is 13.4. The van der Waals surface area contributed by atoms with E-state index in [1.54, 1.807) is 19.2 Å². The topological polar surface area (TPSA) is 59.1 Å². The summed E-state index contributed by atoms with van der Waals surface area (Å²) < 4.78 is 18.1. The summed E-state index contributed by atoms with van der Waals surface area (Å²) in [6.07, 6.45) is 0.884. The Kier molecular flexibility index (Phi) is 5.18. The highest BCUT2D eigenvalue weighted by atomic mass is 19.1. The Labute approximate surface area is 139 Å². The van der Waals surface area contributed by atoms with E-state index in [0.717, 1.165) is 35.4 Å². The van der Waals surface area contributed by atoms with Crippen molar-refractivity contribution in [3.63, 3.8) is 0 Å². The smallest absolute Gasteiger partial charge is 0.229 e. The molecule has 3 rings (SSSR count). The molecular weight excluding hydrogens is 307 g/mol. The highest BCUT2D eigenvalue weighted by Crippen LogP contribution is 2.23. The first kappa shape index (κ1) is 16.1. The summed E-state index contributed by atoms with van der Waals surface area (Å²) in [5.41, 5.74) is 1.57. The molecule has 0 radical (unpaired) electrons. The summed E-state index contributed by atoms with van der Waals surface area (Å²) in [4.78, 5) is 9.07. The lowest BCUT2D eigenvalue weighted by Crippen LogP contribution is -2.08. The molecule has 0 saturated carbocycles. The molecule has 0 atom stereocenters. The number of hydrogen-bond acceptors (Lipinski definition) is 5. The lowest BCUT2D eigenvalue weighted by Gasteiger charge is -2.12. The van der Waals surface area contributed by atoms with Crippen molar-refractivity contribution in [3.05, 3.63) is 54.3 Å². The Bertz CT molecular complexity index is 808. The van der Waals surface area contributed by atoms with E-state index in [1.807, 2.05) is 24.3 Å². The van der Waals surface area contributed by atoms with Gasteiger partial charge in [-0.2, -0.15) is 4.98 Å². The normalized spacial score (nSPS) is 10.8. The van der Waals surface area contributed by atoms with Crippen LogP contribution in [0, 0.1) is 5.82 Å². The first-order chi connectivity index (χ1) is 11.8. The summed E-state index contributed by atoms with van der Waals surface area (Å²) in [6.45, 7) is 1.45. The highest BCUT2D eigenvalue weighted by Gasteiger charge is 2.07. The van der Waals surface area contributed by atoms with Crippen LogP contribution >= 0.6 is 0 Å². The number of anilines is 3. The van der Waals surface area contributed by atoms with Gasteiger partial charge >= 0.3 is 0 Å². The number of rotatable bonds is 7. The van der Waals surface area contributed by atoms with Gasteiger partial charge in [-0.15, -0.1) is 0 Å². The number of fused-ring (bicyclic) bond motifs is 1. The molecule has 6 heteroatoms. The van der Waals surface area contributed by atoms with Crippen molar-refractivity contribution < 1.29 is 9.13 Å². The molecule has 0 aliphatic rings. The molecule has 124 valence electrons. The number of nitrogens with one attached hydrogen (secondary N) is 2. The average molecular weight is 326 g/mol. The van der Waals surface area contributed by atoms with Gasteiger partial charge in [0.15, 0.2) is 0 Å². The molecule has 0 aliphatic carbocycles. The van der Waals surface area contributed by atoms with Crippen LogP contribution in [0.2, 0.25) is 0 Å². The molecule has 2 N–H and O–H groups in total. The maximum Gasteiger partial charge on any atom is 0.229 e. The molecule has 5 nitrogen and oxygen atoms in total. The maximum absolute atomic E-state index is 13.0. The minimum absolute atomic E-state index is 0.277. The zero-order valence-electron chi connectivity index (χ0n) is 13.4. The van der Waals surface area contributed by atoms with Crippen LogP contribution in [0.25, 0.3) is 10.9 Å². The van der Waals surface area contributed by atoms with Crippen LogP contribution in [0.5, 0.6) is 0 Å². The third-order valence-corrected chi connectivity index (χ3v) is 3.52. The Hall–Kier alpha value is -2.73. The third kappa shape index (κ3) is 3.97. The van der Waals surface area contributed by atoms with Crippen LogP contribution in [0.1, 0.15) is 6.42 Å². The number of halogens is 1. The fraction of sp³-hybridized carbons (Fsp3) is 0.222. The monoisotopic (exact) mass is 326 g/mol. The van der Waals surface area contributed by atoms with Crippen LogP contribution < -0.4 is 10.6 Å². The van der Waals surface area contributed by atoms with Gasteiger partial charge in [-0.05, 0) is 42.8 Å². The van der Waals surface area contributed by atoms with Gasteiger partial charge in [0.25, 0.3) is 0 Å². The SMILES string of the molecule is COCCCNc1nc(Nc2ccc(F)cc2)nc2ccccc12.